The van der Waals surface area contributed by atoms with E-state index in [9.17, 15) is 0 Å². The number of thiophene rings is 1. The van der Waals surface area contributed by atoms with Gasteiger partial charge in [-0.2, -0.15) is 0 Å². The molecule has 9 rings (SSSR count). The summed E-state index contributed by atoms with van der Waals surface area (Å²) in [4.78, 5) is 15.5. The SMILES string of the molecule is c1ccc(-c2cc(-c3nc(-c4ccccc4)nc(-c4cccc5ccccc45)n3)c3sc4ccc5ccccc5c4c3c2)cc1. The summed E-state index contributed by atoms with van der Waals surface area (Å²) < 4.78 is 2.43. The standard InChI is InChI=1S/C41H25N3S/c1-3-12-26(13-4-1)30-24-34-37-32-20-10-8-15-28(32)22-23-36(37)45-38(34)35(25-30)41-43-39(29-16-5-2-6-17-29)42-40(44-41)33-21-11-18-27-14-7-9-19-31(27)33/h1-25H. The molecule has 210 valence electrons. The molecule has 0 aliphatic carbocycles. The van der Waals surface area contributed by atoms with Gasteiger partial charge in [-0.3, -0.25) is 0 Å². The summed E-state index contributed by atoms with van der Waals surface area (Å²) in [6.07, 6.45) is 0. The van der Waals surface area contributed by atoms with Crippen LogP contribution in [0, 0.1) is 0 Å². The Kier molecular flexibility index (Phi) is 6.00. The number of rotatable bonds is 4. The summed E-state index contributed by atoms with van der Waals surface area (Å²) in [6, 6.07) is 53.2. The lowest BCUT2D eigenvalue weighted by Crippen LogP contribution is -2.01. The smallest absolute Gasteiger partial charge is 0.165 e. The molecule has 0 bridgehead atoms. The van der Waals surface area contributed by atoms with Crippen LogP contribution in [0.5, 0.6) is 0 Å². The second-order valence-electron chi connectivity index (χ2n) is 11.2. The molecule has 3 nitrogen and oxygen atoms in total. The third-order valence-corrected chi connectivity index (χ3v) is 9.71. The maximum Gasteiger partial charge on any atom is 0.165 e. The van der Waals surface area contributed by atoms with E-state index in [4.69, 9.17) is 15.0 Å². The number of benzene rings is 7. The van der Waals surface area contributed by atoms with Crippen molar-refractivity contribution >= 4 is 53.1 Å². The quantitative estimate of drug-likeness (QED) is 0.204. The van der Waals surface area contributed by atoms with E-state index >= 15 is 0 Å². The molecule has 0 aliphatic rings. The normalized spacial score (nSPS) is 11.6. The summed E-state index contributed by atoms with van der Waals surface area (Å²) in [5.41, 5.74) is 5.26. The van der Waals surface area contributed by atoms with Crippen LogP contribution in [0.4, 0.5) is 0 Å². The first-order valence-corrected chi connectivity index (χ1v) is 15.9. The summed E-state index contributed by atoms with van der Waals surface area (Å²) in [5, 5.41) is 7.27. The number of fused-ring (bicyclic) bond motifs is 6. The second kappa shape index (κ2) is 10.5. The first-order chi connectivity index (χ1) is 22.3. The van der Waals surface area contributed by atoms with Crippen molar-refractivity contribution in [1.82, 2.24) is 15.0 Å². The van der Waals surface area contributed by atoms with Crippen molar-refractivity contribution in [3.63, 3.8) is 0 Å². The molecule has 9 aromatic rings. The van der Waals surface area contributed by atoms with Crippen molar-refractivity contribution < 1.29 is 0 Å². The third-order valence-electron chi connectivity index (χ3n) is 8.51. The van der Waals surface area contributed by atoms with Gasteiger partial charge < -0.3 is 0 Å². The maximum absolute atomic E-state index is 5.25. The van der Waals surface area contributed by atoms with Crippen LogP contribution in [0.25, 0.3) is 87.0 Å². The van der Waals surface area contributed by atoms with Gasteiger partial charge in [0.25, 0.3) is 0 Å². The Morgan fingerprint density at radius 1 is 0.378 bits per heavy atom. The van der Waals surface area contributed by atoms with Gasteiger partial charge in [-0.05, 0) is 50.9 Å². The zero-order chi connectivity index (χ0) is 29.7. The van der Waals surface area contributed by atoms with Crippen LogP contribution in [0.15, 0.2) is 152 Å². The Morgan fingerprint density at radius 2 is 0.978 bits per heavy atom. The van der Waals surface area contributed by atoms with Crippen molar-refractivity contribution in [2.75, 3.05) is 0 Å². The Balaban J connectivity index is 1.39. The number of hydrogen-bond donors (Lipinski definition) is 0. The van der Waals surface area contributed by atoms with Crippen LogP contribution in [-0.2, 0) is 0 Å². The van der Waals surface area contributed by atoms with Crippen molar-refractivity contribution in [2.24, 2.45) is 0 Å². The van der Waals surface area contributed by atoms with E-state index in [0.29, 0.717) is 17.5 Å². The highest BCUT2D eigenvalue weighted by Gasteiger charge is 2.20. The van der Waals surface area contributed by atoms with Crippen LogP contribution < -0.4 is 0 Å². The monoisotopic (exact) mass is 591 g/mol. The van der Waals surface area contributed by atoms with Crippen LogP contribution in [0.2, 0.25) is 0 Å². The molecule has 0 saturated carbocycles. The van der Waals surface area contributed by atoms with Gasteiger partial charge in [0.05, 0.1) is 0 Å². The first kappa shape index (κ1) is 25.8. The van der Waals surface area contributed by atoms with Crippen LogP contribution in [0.1, 0.15) is 0 Å². The number of hydrogen-bond acceptors (Lipinski definition) is 4. The van der Waals surface area contributed by atoms with E-state index in [1.807, 2.05) is 29.5 Å². The van der Waals surface area contributed by atoms with Crippen molar-refractivity contribution in [2.45, 2.75) is 0 Å². The van der Waals surface area contributed by atoms with Gasteiger partial charge in [0.1, 0.15) is 0 Å². The summed E-state index contributed by atoms with van der Waals surface area (Å²) in [7, 11) is 0. The maximum atomic E-state index is 5.25. The van der Waals surface area contributed by atoms with Gasteiger partial charge >= 0.3 is 0 Å². The van der Waals surface area contributed by atoms with Crippen molar-refractivity contribution in [1.29, 1.82) is 0 Å². The van der Waals surface area contributed by atoms with Gasteiger partial charge in [0, 0.05) is 36.9 Å². The molecule has 4 heteroatoms. The van der Waals surface area contributed by atoms with Crippen molar-refractivity contribution in [3.05, 3.63) is 152 Å². The summed E-state index contributed by atoms with van der Waals surface area (Å²) in [6.45, 7) is 0. The minimum absolute atomic E-state index is 0.661. The lowest BCUT2D eigenvalue weighted by Gasteiger charge is -2.12. The molecule has 0 saturated heterocycles. The largest absolute Gasteiger partial charge is 0.208 e. The summed E-state index contributed by atoms with van der Waals surface area (Å²) >= 11 is 1.81. The molecule has 0 amide bonds. The molecule has 2 aromatic heterocycles. The fraction of sp³-hybridized carbons (Fsp3) is 0. The molecule has 2 heterocycles. The second-order valence-corrected chi connectivity index (χ2v) is 12.3. The van der Waals surface area contributed by atoms with E-state index in [1.165, 1.54) is 30.9 Å². The fourth-order valence-electron chi connectivity index (χ4n) is 6.37. The van der Waals surface area contributed by atoms with E-state index in [1.54, 1.807) is 0 Å². The van der Waals surface area contributed by atoms with E-state index in [-0.39, 0.29) is 0 Å². The van der Waals surface area contributed by atoms with E-state index in [2.05, 4.69) is 133 Å². The predicted octanol–water partition coefficient (Wildman–Crippen LogP) is 11.2. The zero-order valence-electron chi connectivity index (χ0n) is 24.2. The Bertz CT molecular complexity index is 2530. The molecule has 45 heavy (non-hydrogen) atoms. The molecule has 0 unspecified atom stereocenters. The predicted molar refractivity (Wildman–Crippen MR) is 189 cm³/mol. The Labute approximate surface area is 264 Å². The molecule has 0 N–H and O–H groups in total. The number of aromatic nitrogens is 3. The number of nitrogens with zero attached hydrogens (tertiary/aromatic N) is 3. The van der Waals surface area contributed by atoms with Crippen molar-refractivity contribution in [3.8, 4) is 45.3 Å². The lowest BCUT2D eigenvalue weighted by atomic mass is 9.97. The minimum atomic E-state index is 0.661. The average Bonchev–Trinajstić information content (AvgIpc) is 3.51. The van der Waals surface area contributed by atoms with Gasteiger partial charge in [-0.1, -0.05) is 133 Å². The average molecular weight is 592 g/mol. The van der Waals surface area contributed by atoms with Gasteiger partial charge in [0.15, 0.2) is 17.5 Å². The first-order valence-electron chi connectivity index (χ1n) is 15.0. The summed E-state index contributed by atoms with van der Waals surface area (Å²) in [5.74, 6) is 2.00. The highest BCUT2D eigenvalue weighted by Crippen LogP contribution is 2.45. The molecule has 0 atom stereocenters. The van der Waals surface area contributed by atoms with E-state index < -0.39 is 0 Å². The van der Waals surface area contributed by atoms with Crippen LogP contribution in [0.3, 0.4) is 0 Å². The zero-order valence-corrected chi connectivity index (χ0v) is 25.0. The molecular weight excluding hydrogens is 567 g/mol. The minimum Gasteiger partial charge on any atom is -0.208 e. The fourth-order valence-corrected chi connectivity index (χ4v) is 7.57. The molecule has 0 fully saturated rings. The van der Waals surface area contributed by atoms with Gasteiger partial charge in [0.2, 0.25) is 0 Å². The highest BCUT2D eigenvalue weighted by molar-refractivity contribution is 7.26. The highest BCUT2D eigenvalue weighted by atomic mass is 32.1. The topological polar surface area (TPSA) is 38.7 Å². The van der Waals surface area contributed by atoms with E-state index in [0.717, 1.165) is 38.6 Å². The Morgan fingerprint density at radius 3 is 1.76 bits per heavy atom. The molecular formula is C41H25N3S. The van der Waals surface area contributed by atoms with Gasteiger partial charge in [-0.15, -0.1) is 11.3 Å². The molecule has 0 spiro atoms. The lowest BCUT2D eigenvalue weighted by molar-refractivity contribution is 1.08. The van der Waals surface area contributed by atoms with Gasteiger partial charge in [-0.25, -0.2) is 15.0 Å². The van der Waals surface area contributed by atoms with Crippen LogP contribution >= 0.6 is 11.3 Å². The Hall–Kier alpha value is -5.71. The molecule has 0 radical (unpaired) electrons. The third kappa shape index (κ3) is 4.38. The molecule has 7 aromatic carbocycles. The molecule has 0 aliphatic heterocycles. The van der Waals surface area contributed by atoms with Crippen LogP contribution in [-0.4, -0.2) is 15.0 Å².